The molecule has 2 unspecified atom stereocenters. The molecular formula is C18H26F2N2O. The molecule has 0 saturated heterocycles. The maximum Gasteiger partial charge on any atom is 0.238 e. The molecule has 1 fully saturated rings. The normalized spacial score (nSPS) is 22.0. The molecule has 128 valence electrons. The Morgan fingerprint density at radius 1 is 1.22 bits per heavy atom. The van der Waals surface area contributed by atoms with Gasteiger partial charge in [-0.15, -0.1) is 0 Å². The van der Waals surface area contributed by atoms with Crippen molar-refractivity contribution in [1.29, 1.82) is 0 Å². The first-order chi connectivity index (χ1) is 10.8. The number of anilines is 1. The Labute approximate surface area is 136 Å². The van der Waals surface area contributed by atoms with Crippen molar-refractivity contribution in [2.45, 2.75) is 52.5 Å². The number of carbonyl (C=O) groups excluding carboxylic acids is 1. The van der Waals surface area contributed by atoms with Gasteiger partial charge in [-0.1, -0.05) is 33.6 Å². The van der Waals surface area contributed by atoms with Gasteiger partial charge in [0.1, 0.15) is 11.6 Å². The number of benzene rings is 1. The summed E-state index contributed by atoms with van der Waals surface area (Å²) in [4.78, 5) is 12.0. The quantitative estimate of drug-likeness (QED) is 0.875. The molecule has 2 rings (SSSR count). The van der Waals surface area contributed by atoms with E-state index in [4.69, 9.17) is 0 Å². The zero-order valence-electron chi connectivity index (χ0n) is 14.1. The third-order valence-electron chi connectivity index (χ3n) is 4.61. The summed E-state index contributed by atoms with van der Waals surface area (Å²) in [5, 5.41) is 5.73. The van der Waals surface area contributed by atoms with E-state index in [2.05, 4.69) is 31.4 Å². The number of carbonyl (C=O) groups is 1. The zero-order valence-corrected chi connectivity index (χ0v) is 14.1. The second-order valence-corrected chi connectivity index (χ2v) is 7.42. The number of rotatable bonds is 4. The molecule has 0 heterocycles. The second-order valence-electron chi connectivity index (χ2n) is 7.42. The first-order valence-corrected chi connectivity index (χ1v) is 8.25. The van der Waals surface area contributed by atoms with Crippen molar-refractivity contribution in [3.8, 4) is 0 Å². The molecule has 2 atom stereocenters. The van der Waals surface area contributed by atoms with Crippen LogP contribution in [0.2, 0.25) is 0 Å². The van der Waals surface area contributed by atoms with Crippen molar-refractivity contribution in [1.82, 2.24) is 5.32 Å². The maximum absolute atomic E-state index is 13.5. The van der Waals surface area contributed by atoms with Gasteiger partial charge in [0.2, 0.25) is 5.91 Å². The summed E-state index contributed by atoms with van der Waals surface area (Å²) in [6.45, 7) is 6.77. The van der Waals surface area contributed by atoms with Gasteiger partial charge in [-0.3, -0.25) is 4.79 Å². The van der Waals surface area contributed by atoms with E-state index < -0.39 is 11.6 Å². The second kappa shape index (κ2) is 7.39. The molecule has 1 saturated carbocycles. The first-order valence-electron chi connectivity index (χ1n) is 8.25. The van der Waals surface area contributed by atoms with Crippen molar-refractivity contribution >= 4 is 11.6 Å². The molecule has 0 aromatic heterocycles. The van der Waals surface area contributed by atoms with Gasteiger partial charge in [-0.05, 0) is 36.3 Å². The molecule has 0 spiro atoms. The number of halogens is 2. The van der Waals surface area contributed by atoms with Crippen LogP contribution in [0.15, 0.2) is 18.2 Å². The smallest absolute Gasteiger partial charge is 0.238 e. The lowest BCUT2D eigenvalue weighted by Gasteiger charge is -2.40. The highest BCUT2D eigenvalue weighted by Gasteiger charge is 2.33. The molecule has 0 bridgehead atoms. The average Bonchev–Trinajstić information content (AvgIpc) is 2.48. The van der Waals surface area contributed by atoms with Crippen LogP contribution in [0, 0.1) is 23.0 Å². The van der Waals surface area contributed by atoms with Gasteiger partial charge < -0.3 is 10.6 Å². The van der Waals surface area contributed by atoms with Gasteiger partial charge in [0.05, 0.1) is 12.2 Å². The van der Waals surface area contributed by atoms with E-state index in [1.54, 1.807) is 0 Å². The van der Waals surface area contributed by atoms with Crippen LogP contribution in [-0.2, 0) is 4.79 Å². The largest absolute Gasteiger partial charge is 0.322 e. The highest BCUT2D eigenvalue weighted by atomic mass is 19.1. The Morgan fingerprint density at radius 3 is 2.61 bits per heavy atom. The highest BCUT2D eigenvalue weighted by molar-refractivity contribution is 5.92. The third kappa shape index (κ3) is 4.99. The molecule has 1 aliphatic carbocycles. The summed E-state index contributed by atoms with van der Waals surface area (Å²) in [6, 6.07) is 3.31. The number of hydrogen-bond donors (Lipinski definition) is 2. The van der Waals surface area contributed by atoms with Crippen LogP contribution in [0.1, 0.15) is 46.5 Å². The van der Waals surface area contributed by atoms with Crippen LogP contribution in [0.4, 0.5) is 14.5 Å². The predicted molar refractivity (Wildman–Crippen MR) is 88.2 cm³/mol. The summed E-state index contributed by atoms with van der Waals surface area (Å²) in [7, 11) is 0. The summed E-state index contributed by atoms with van der Waals surface area (Å²) >= 11 is 0. The maximum atomic E-state index is 13.5. The summed E-state index contributed by atoms with van der Waals surface area (Å²) in [5.74, 6) is -1.05. The van der Waals surface area contributed by atoms with Crippen LogP contribution >= 0.6 is 0 Å². The molecule has 1 aromatic rings. The van der Waals surface area contributed by atoms with E-state index in [1.807, 2.05) is 0 Å². The molecule has 1 aliphatic rings. The topological polar surface area (TPSA) is 41.1 Å². The molecule has 23 heavy (non-hydrogen) atoms. The minimum Gasteiger partial charge on any atom is -0.322 e. The monoisotopic (exact) mass is 324 g/mol. The van der Waals surface area contributed by atoms with Crippen LogP contribution in [0.25, 0.3) is 0 Å². The van der Waals surface area contributed by atoms with Crippen molar-refractivity contribution in [3.05, 3.63) is 29.8 Å². The van der Waals surface area contributed by atoms with Crippen molar-refractivity contribution in [2.24, 2.45) is 11.3 Å². The van der Waals surface area contributed by atoms with E-state index >= 15 is 0 Å². The lowest BCUT2D eigenvalue weighted by Crippen LogP contribution is -2.46. The Hall–Kier alpha value is -1.49. The molecular weight excluding hydrogens is 298 g/mol. The third-order valence-corrected chi connectivity index (χ3v) is 4.61. The zero-order chi connectivity index (χ0) is 17.0. The van der Waals surface area contributed by atoms with Crippen molar-refractivity contribution < 1.29 is 13.6 Å². The van der Waals surface area contributed by atoms with Crippen LogP contribution in [0.3, 0.4) is 0 Å². The SMILES string of the molecule is CC(C)(C)C1CCCCC1NCC(=O)Nc1cc(F)ccc1F. The first kappa shape index (κ1) is 17.9. The minimum absolute atomic E-state index is 0.104. The molecule has 0 aliphatic heterocycles. The average molecular weight is 324 g/mol. The van der Waals surface area contributed by atoms with Gasteiger partial charge in [0.15, 0.2) is 0 Å². The molecule has 2 N–H and O–H groups in total. The summed E-state index contributed by atoms with van der Waals surface area (Å²) < 4.78 is 26.7. The van der Waals surface area contributed by atoms with Gasteiger partial charge in [0.25, 0.3) is 0 Å². The fourth-order valence-electron chi connectivity index (χ4n) is 3.42. The lowest BCUT2D eigenvalue weighted by molar-refractivity contribution is -0.115. The van der Waals surface area contributed by atoms with Gasteiger partial charge in [-0.2, -0.15) is 0 Å². The Bertz CT molecular complexity index is 554. The highest BCUT2D eigenvalue weighted by Crippen LogP contribution is 2.37. The standard InChI is InChI=1S/C18H26F2N2O/c1-18(2,3)13-6-4-5-7-15(13)21-11-17(23)22-16-10-12(19)8-9-14(16)20/h8-10,13,15,21H,4-7,11H2,1-3H3,(H,22,23). The van der Waals surface area contributed by atoms with Gasteiger partial charge in [-0.25, -0.2) is 8.78 Å². The van der Waals surface area contributed by atoms with Gasteiger partial charge >= 0.3 is 0 Å². The predicted octanol–water partition coefficient (Wildman–Crippen LogP) is 4.10. The molecule has 5 heteroatoms. The number of amides is 1. The van der Waals surface area contributed by atoms with E-state index in [1.165, 1.54) is 6.42 Å². The van der Waals surface area contributed by atoms with E-state index in [-0.39, 0.29) is 29.6 Å². The van der Waals surface area contributed by atoms with Crippen molar-refractivity contribution in [2.75, 3.05) is 11.9 Å². The molecule has 3 nitrogen and oxygen atoms in total. The van der Waals surface area contributed by atoms with E-state index in [9.17, 15) is 13.6 Å². The Balaban J connectivity index is 1.91. The number of nitrogens with one attached hydrogen (secondary N) is 2. The summed E-state index contributed by atoms with van der Waals surface area (Å²) in [6.07, 6.45) is 4.58. The Kier molecular flexibility index (Phi) is 5.74. The number of hydrogen-bond acceptors (Lipinski definition) is 2. The van der Waals surface area contributed by atoms with Crippen LogP contribution in [-0.4, -0.2) is 18.5 Å². The van der Waals surface area contributed by atoms with E-state index in [0.717, 1.165) is 37.5 Å². The summed E-state index contributed by atoms with van der Waals surface area (Å²) in [5.41, 5.74) is 0.0660. The minimum atomic E-state index is -0.634. The van der Waals surface area contributed by atoms with Crippen LogP contribution < -0.4 is 10.6 Å². The lowest BCUT2D eigenvalue weighted by atomic mass is 9.69. The van der Waals surface area contributed by atoms with Gasteiger partial charge in [0, 0.05) is 12.1 Å². The fraction of sp³-hybridized carbons (Fsp3) is 0.611. The molecule has 1 amide bonds. The Morgan fingerprint density at radius 2 is 1.91 bits per heavy atom. The molecule has 0 radical (unpaired) electrons. The van der Waals surface area contributed by atoms with Crippen molar-refractivity contribution in [3.63, 3.8) is 0 Å². The van der Waals surface area contributed by atoms with Crippen LogP contribution in [0.5, 0.6) is 0 Å². The molecule has 1 aromatic carbocycles. The van der Waals surface area contributed by atoms with E-state index in [0.29, 0.717) is 5.92 Å². The fourth-order valence-corrected chi connectivity index (χ4v) is 3.42.